The quantitative estimate of drug-likeness (QED) is 0.443. The van der Waals surface area contributed by atoms with E-state index >= 15 is 0 Å². The third-order valence-corrected chi connectivity index (χ3v) is 7.58. The van der Waals surface area contributed by atoms with Gasteiger partial charge in [-0.3, -0.25) is 19.3 Å². The van der Waals surface area contributed by atoms with Crippen LogP contribution < -0.4 is 10.1 Å². The Hall–Kier alpha value is -3.68. The zero-order valence-corrected chi connectivity index (χ0v) is 20.4. The number of fused-ring (bicyclic) bond motifs is 5. The maximum Gasteiger partial charge on any atom is 0.330 e. The minimum Gasteiger partial charge on any atom is -0.457 e. The lowest BCUT2D eigenvalue weighted by atomic mass is 9.81. The summed E-state index contributed by atoms with van der Waals surface area (Å²) < 4.78 is 11.0. The highest BCUT2D eigenvalue weighted by Gasteiger charge is 2.62. The van der Waals surface area contributed by atoms with Crippen molar-refractivity contribution in [1.29, 1.82) is 0 Å². The van der Waals surface area contributed by atoms with Crippen LogP contribution in [0.1, 0.15) is 33.1 Å². The molecular formula is C28H30N2O6. The number of esters is 1. The van der Waals surface area contributed by atoms with Crippen LogP contribution in [0.5, 0.6) is 11.5 Å². The Morgan fingerprint density at radius 2 is 1.50 bits per heavy atom. The van der Waals surface area contributed by atoms with Gasteiger partial charge in [0.2, 0.25) is 11.8 Å². The molecule has 3 fully saturated rings. The first-order valence-electron chi connectivity index (χ1n) is 12.5. The SMILES string of the molecule is CC(C)[C@H](C(=O)OCC(=O)Nc1ccc(Oc2ccccc2)cc1)N1C(=O)[C@H]2[C@H]3CC[C@@H](C3)[C@@H]2C1=O. The van der Waals surface area contributed by atoms with Crippen molar-refractivity contribution in [2.24, 2.45) is 29.6 Å². The molecule has 2 saturated carbocycles. The monoisotopic (exact) mass is 490 g/mol. The summed E-state index contributed by atoms with van der Waals surface area (Å²) in [4.78, 5) is 52.9. The van der Waals surface area contributed by atoms with Crippen molar-refractivity contribution in [3.05, 3.63) is 54.6 Å². The van der Waals surface area contributed by atoms with Gasteiger partial charge in [-0.2, -0.15) is 0 Å². The molecule has 8 nitrogen and oxygen atoms in total. The van der Waals surface area contributed by atoms with Crippen molar-refractivity contribution in [2.45, 2.75) is 39.2 Å². The van der Waals surface area contributed by atoms with E-state index in [2.05, 4.69) is 5.32 Å². The first-order chi connectivity index (χ1) is 17.3. The number of nitrogens with zero attached hydrogens (tertiary/aromatic N) is 1. The lowest BCUT2D eigenvalue weighted by molar-refractivity contribution is -0.162. The number of benzene rings is 2. The number of hydrogen-bond acceptors (Lipinski definition) is 6. The van der Waals surface area contributed by atoms with Crippen LogP contribution in [0.15, 0.2) is 54.6 Å². The number of rotatable bonds is 8. The van der Waals surface area contributed by atoms with E-state index in [1.807, 2.05) is 30.3 Å². The standard InChI is InChI=1S/C28H30N2O6/c1-16(2)25(30-26(32)23-17-8-9-18(14-17)24(23)27(30)33)28(34)35-15-22(31)29-19-10-12-21(13-11-19)36-20-6-4-3-5-7-20/h3-7,10-13,16-18,23-25H,8-9,14-15H2,1-2H3,(H,29,31)/t17-,18-,23-,24-,25+/m0/s1. The van der Waals surface area contributed by atoms with Gasteiger partial charge in [0, 0.05) is 5.69 Å². The summed E-state index contributed by atoms with van der Waals surface area (Å²) in [6.45, 7) is 3.03. The summed E-state index contributed by atoms with van der Waals surface area (Å²) in [5.41, 5.74) is 0.519. The van der Waals surface area contributed by atoms with Gasteiger partial charge in [0.25, 0.3) is 5.91 Å². The molecule has 1 N–H and O–H groups in total. The van der Waals surface area contributed by atoms with E-state index in [1.54, 1.807) is 38.1 Å². The van der Waals surface area contributed by atoms with Gasteiger partial charge < -0.3 is 14.8 Å². The summed E-state index contributed by atoms with van der Waals surface area (Å²) >= 11 is 0. The number of likely N-dealkylation sites (tertiary alicyclic amines) is 1. The van der Waals surface area contributed by atoms with Crippen LogP contribution in [0.3, 0.4) is 0 Å². The first-order valence-corrected chi connectivity index (χ1v) is 12.5. The molecular weight excluding hydrogens is 460 g/mol. The molecule has 3 amide bonds. The first kappa shape index (κ1) is 24.0. The molecule has 36 heavy (non-hydrogen) atoms. The predicted octanol–water partition coefficient (Wildman–Crippen LogP) is 4.02. The minimum atomic E-state index is -1.03. The van der Waals surface area contributed by atoms with Gasteiger partial charge >= 0.3 is 5.97 Å². The molecule has 0 aromatic heterocycles. The maximum absolute atomic E-state index is 13.2. The number of hydrogen-bond donors (Lipinski definition) is 1. The van der Waals surface area contributed by atoms with E-state index in [1.165, 1.54) is 0 Å². The van der Waals surface area contributed by atoms with E-state index in [9.17, 15) is 19.2 Å². The largest absolute Gasteiger partial charge is 0.457 e. The fraction of sp³-hybridized carbons (Fsp3) is 0.429. The maximum atomic E-state index is 13.2. The zero-order chi connectivity index (χ0) is 25.4. The molecule has 0 spiro atoms. The van der Waals surface area contributed by atoms with Crippen LogP contribution in [-0.2, 0) is 23.9 Å². The fourth-order valence-electron chi connectivity index (χ4n) is 6.03. The van der Waals surface area contributed by atoms with Crippen LogP contribution in [0.2, 0.25) is 0 Å². The van der Waals surface area contributed by atoms with Crippen LogP contribution in [0.25, 0.3) is 0 Å². The average Bonchev–Trinajstić information content (AvgIpc) is 3.55. The second-order valence-corrected chi connectivity index (χ2v) is 10.2. The molecule has 188 valence electrons. The summed E-state index contributed by atoms with van der Waals surface area (Å²) in [6.07, 6.45) is 2.86. The Balaban J connectivity index is 1.17. The number of carbonyl (C=O) groups excluding carboxylic acids is 4. The topological polar surface area (TPSA) is 102 Å². The van der Waals surface area contributed by atoms with Crippen LogP contribution >= 0.6 is 0 Å². The van der Waals surface area contributed by atoms with Gasteiger partial charge in [-0.15, -0.1) is 0 Å². The van der Waals surface area contributed by atoms with Gasteiger partial charge in [-0.25, -0.2) is 4.79 Å². The Labute approximate surface area is 209 Å². The molecule has 2 aromatic rings. The average molecular weight is 491 g/mol. The van der Waals surface area contributed by atoms with Crippen molar-refractivity contribution in [3.8, 4) is 11.5 Å². The molecule has 8 heteroatoms. The predicted molar refractivity (Wildman–Crippen MR) is 131 cm³/mol. The van der Waals surface area contributed by atoms with E-state index in [0.717, 1.165) is 24.2 Å². The van der Waals surface area contributed by atoms with Crippen molar-refractivity contribution in [2.75, 3.05) is 11.9 Å². The van der Waals surface area contributed by atoms with E-state index in [4.69, 9.17) is 9.47 Å². The number of ether oxygens (including phenoxy) is 2. The van der Waals surface area contributed by atoms with Crippen molar-refractivity contribution < 1.29 is 28.7 Å². The normalized spacial score (nSPS) is 25.1. The van der Waals surface area contributed by atoms with Gasteiger partial charge in [0.05, 0.1) is 11.8 Å². The summed E-state index contributed by atoms with van der Waals surface area (Å²) in [5.74, 6) is -0.911. The van der Waals surface area contributed by atoms with Gasteiger partial charge in [0.15, 0.2) is 6.61 Å². The van der Waals surface area contributed by atoms with E-state index in [0.29, 0.717) is 17.2 Å². The molecule has 1 saturated heterocycles. The lowest BCUT2D eigenvalue weighted by Crippen LogP contribution is -2.50. The number of nitrogens with one attached hydrogen (secondary N) is 1. The number of anilines is 1. The number of imide groups is 1. The third kappa shape index (κ3) is 4.47. The molecule has 3 aliphatic rings. The van der Waals surface area contributed by atoms with Crippen LogP contribution in [0, 0.1) is 29.6 Å². The van der Waals surface area contributed by atoms with Crippen LogP contribution in [-0.4, -0.2) is 41.2 Å². The van der Waals surface area contributed by atoms with Crippen molar-refractivity contribution >= 4 is 29.4 Å². The molecule has 1 aliphatic heterocycles. The molecule has 2 bridgehead atoms. The summed E-state index contributed by atoms with van der Waals surface area (Å²) in [5, 5.41) is 2.68. The second-order valence-electron chi connectivity index (χ2n) is 10.2. The Kier molecular flexibility index (Phi) is 6.51. The van der Waals surface area contributed by atoms with Gasteiger partial charge in [-0.05, 0) is 73.4 Å². The third-order valence-electron chi connectivity index (χ3n) is 7.58. The Morgan fingerprint density at radius 3 is 2.08 bits per heavy atom. The number of amides is 3. The zero-order valence-electron chi connectivity index (χ0n) is 20.4. The second kappa shape index (κ2) is 9.76. The lowest BCUT2D eigenvalue weighted by Gasteiger charge is -2.28. The molecule has 2 aromatic carbocycles. The molecule has 5 atom stereocenters. The van der Waals surface area contributed by atoms with Crippen molar-refractivity contribution in [1.82, 2.24) is 4.90 Å². The smallest absolute Gasteiger partial charge is 0.330 e. The van der Waals surface area contributed by atoms with Crippen molar-refractivity contribution in [3.63, 3.8) is 0 Å². The number of carbonyl (C=O) groups is 4. The summed E-state index contributed by atoms with van der Waals surface area (Å²) in [7, 11) is 0. The number of para-hydroxylation sites is 1. The Morgan fingerprint density at radius 1 is 0.917 bits per heavy atom. The Bertz CT molecular complexity index is 1130. The van der Waals surface area contributed by atoms with Gasteiger partial charge in [-0.1, -0.05) is 32.0 Å². The molecule has 0 radical (unpaired) electrons. The van der Waals surface area contributed by atoms with Crippen LogP contribution in [0.4, 0.5) is 5.69 Å². The minimum absolute atomic E-state index is 0.237. The molecule has 2 aliphatic carbocycles. The molecule has 1 heterocycles. The highest BCUT2D eigenvalue weighted by atomic mass is 16.5. The molecule has 0 unspecified atom stereocenters. The highest BCUT2D eigenvalue weighted by molar-refractivity contribution is 6.08. The summed E-state index contributed by atoms with van der Waals surface area (Å²) in [6, 6.07) is 15.1. The highest BCUT2D eigenvalue weighted by Crippen LogP contribution is 2.56. The van der Waals surface area contributed by atoms with Gasteiger partial charge in [0.1, 0.15) is 17.5 Å². The fourth-order valence-corrected chi connectivity index (χ4v) is 6.03. The van der Waals surface area contributed by atoms with E-state index in [-0.39, 0.29) is 41.4 Å². The van der Waals surface area contributed by atoms with E-state index < -0.39 is 24.5 Å². The molecule has 5 rings (SSSR count).